The molecule has 2 rings (SSSR count). The van der Waals surface area contributed by atoms with E-state index in [0.717, 1.165) is 0 Å². The lowest BCUT2D eigenvalue weighted by atomic mass is 10.1. The quantitative estimate of drug-likeness (QED) is 0.561. The van der Waals surface area contributed by atoms with E-state index in [9.17, 15) is 18.4 Å². The van der Waals surface area contributed by atoms with Gasteiger partial charge in [0, 0.05) is 22.6 Å². The van der Waals surface area contributed by atoms with Crippen LogP contribution in [-0.4, -0.2) is 39.0 Å². The van der Waals surface area contributed by atoms with E-state index >= 15 is 0 Å². The zero-order valence-electron chi connectivity index (χ0n) is 14.7. The Morgan fingerprint density at radius 3 is 2.11 bits per heavy atom. The van der Waals surface area contributed by atoms with Gasteiger partial charge in [-0.15, -0.1) is 0 Å². The second kappa shape index (κ2) is 9.22. The molecule has 27 heavy (non-hydrogen) atoms. The van der Waals surface area contributed by atoms with Gasteiger partial charge in [0.15, 0.2) is 11.5 Å². The maximum Gasteiger partial charge on any atom is 0.340 e. The number of benzene rings is 2. The molecule has 2 aromatic carbocycles. The molecule has 0 heterocycles. The van der Waals surface area contributed by atoms with Crippen LogP contribution in [0.1, 0.15) is 20.7 Å². The fourth-order valence-corrected chi connectivity index (χ4v) is 2.74. The molecule has 0 spiro atoms. The number of halogens is 2. The smallest absolute Gasteiger partial charge is 0.340 e. The molecule has 0 atom stereocenters. The van der Waals surface area contributed by atoms with Crippen molar-refractivity contribution in [3.63, 3.8) is 0 Å². The van der Waals surface area contributed by atoms with Crippen molar-refractivity contribution in [1.29, 1.82) is 0 Å². The lowest BCUT2D eigenvalue weighted by molar-refractivity contribution is 0.0601. The van der Waals surface area contributed by atoms with Gasteiger partial charge in [-0.1, -0.05) is 11.8 Å². The third-order valence-electron chi connectivity index (χ3n) is 3.52. The molecule has 2 aromatic rings. The zero-order chi connectivity index (χ0) is 20.0. The highest BCUT2D eigenvalue weighted by atomic mass is 32.2. The summed E-state index contributed by atoms with van der Waals surface area (Å²) in [5.74, 6) is -3.14. The van der Waals surface area contributed by atoms with Crippen molar-refractivity contribution in [3.05, 3.63) is 47.5 Å². The van der Waals surface area contributed by atoms with Gasteiger partial charge in [-0.05, 0) is 24.3 Å². The molecule has 0 aliphatic rings. The van der Waals surface area contributed by atoms with E-state index in [1.54, 1.807) is 0 Å². The van der Waals surface area contributed by atoms with Gasteiger partial charge >= 0.3 is 5.97 Å². The van der Waals surface area contributed by atoms with Gasteiger partial charge in [-0.25, -0.2) is 4.79 Å². The topological polar surface area (TPSA) is 73.9 Å². The van der Waals surface area contributed by atoms with Crippen molar-refractivity contribution >= 4 is 29.3 Å². The van der Waals surface area contributed by atoms with Crippen LogP contribution in [0, 0.1) is 0 Å². The average molecular weight is 397 g/mol. The molecule has 6 nitrogen and oxygen atoms in total. The molecular formula is C18H17F2NO5S. The van der Waals surface area contributed by atoms with Crippen molar-refractivity contribution in [1.82, 2.24) is 0 Å². The lowest BCUT2D eigenvalue weighted by Gasteiger charge is -2.14. The molecule has 0 aromatic heterocycles. The summed E-state index contributed by atoms with van der Waals surface area (Å²) in [5, 5.41) is 2.60. The summed E-state index contributed by atoms with van der Waals surface area (Å²) in [7, 11) is 4.04. The first-order chi connectivity index (χ1) is 12.9. The lowest BCUT2D eigenvalue weighted by Crippen LogP contribution is -2.16. The molecule has 1 amide bonds. The summed E-state index contributed by atoms with van der Waals surface area (Å²) in [6, 6.07) is 8.49. The van der Waals surface area contributed by atoms with Crippen molar-refractivity contribution in [2.24, 2.45) is 0 Å². The van der Waals surface area contributed by atoms with Gasteiger partial charge in [0.2, 0.25) is 0 Å². The number of esters is 1. The van der Waals surface area contributed by atoms with E-state index in [2.05, 4.69) is 5.32 Å². The van der Waals surface area contributed by atoms with Crippen LogP contribution in [0.5, 0.6) is 11.5 Å². The Labute approximate surface area is 158 Å². The van der Waals surface area contributed by atoms with E-state index in [4.69, 9.17) is 14.2 Å². The SMILES string of the molecule is COC(=O)c1cc(OC)c(OC)cc1NC(=O)c1ccc(SC(F)F)cc1. The van der Waals surface area contributed by atoms with Gasteiger partial charge in [0.1, 0.15) is 0 Å². The number of anilines is 1. The highest BCUT2D eigenvalue weighted by molar-refractivity contribution is 7.99. The van der Waals surface area contributed by atoms with Crippen LogP contribution in [0.3, 0.4) is 0 Å². The molecule has 144 valence electrons. The average Bonchev–Trinajstić information content (AvgIpc) is 2.66. The van der Waals surface area contributed by atoms with E-state index in [1.165, 1.54) is 57.7 Å². The summed E-state index contributed by atoms with van der Waals surface area (Å²) >= 11 is 0.385. The normalized spacial score (nSPS) is 10.4. The monoisotopic (exact) mass is 397 g/mol. The standard InChI is InChI=1S/C18H17F2NO5S/c1-24-14-8-12(17(23)26-3)13(9-15(14)25-2)21-16(22)10-4-6-11(7-5-10)27-18(19)20/h4-9,18H,1-3H3,(H,21,22). The van der Waals surface area contributed by atoms with Crippen LogP contribution in [0.25, 0.3) is 0 Å². The van der Waals surface area contributed by atoms with Crippen LogP contribution >= 0.6 is 11.8 Å². The molecule has 0 saturated heterocycles. The van der Waals surface area contributed by atoms with E-state index in [0.29, 0.717) is 28.2 Å². The zero-order valence-corrected chi connectivity index (χ0v) is 15.6. The van der Waals surface area contributed by atoms with Gasteiger partial charge in [0.05, 0.1) is 32.6 Å². The number of ether oxygens (including phenoxy) is 3. The molecule has 0 unspecified atom stereocenters. The number of hydrogen-bond donors (Lipinski definition) is 1. The number of carbonyl (C=O) groups is 2. The Morgan fingerprint density at radius 1 is 1.00 bits per heavy atom. The first kappa shape index (κ1) is 20.5. The number of hydrogen-bond acceptors (Lipinski definition) is 6. The predicted molar refractivity (Wildman–Crippen MR) is 97.1 cm³/mol. The first-order valence-corrected chi connectivity index (χ1v) is 8.48. The molecule has 0 radical (unpaired) electrons. The van der Waals surface area contributed by atoms with Crippen molar-refractivity contribution < 1.29 is 32.6 Å². The van der Waals surface area contributed by atoms with Gasteiger partial charge in [0.25, 0.3) is 11.7 Å². The summed E-state index contributed by atoms with van der Waals surface area (Å²) in [5.41, 5.74) is 0.475. The predicted octanol–water partition coefficient (Wildman–Crippen LogP) is 4.06. The molecular weight excluding hydrogens is 380 g/mol. The molecule has 0 fully saturated rings. The first-order valence-electron chi connectivity index (χ1n) is 7.60. The number of thioether (sulfide) groups is 1. The maximum absolute atomic E-state index is 12.5. The molecule has 0 saturated carbocycles. The Kier molecular flexibility index (Phi) is 7.00. The van der Waals surface area contributed by atoms with Crippen LogP contribution in [0.2, 0.25) is 0 Å². The van der Waals surface area contributed by atoms with Crippen molar-refractivity contribution in [3.8, 4) is 11.5 Å². The fourth-order valence-electron chi connectivity index (χ4n) is 2.24. The summed E-state index contributed by atoms with van der Waals surface area (Å²) < 4.78 is 39.8. The summed E-state index contributed by atoms with van der Waals surface area (Å²) in [6.45, 7) is 0. The maximum atomic E-state index is 12.5. The third kappa shape index (κ3) is 5.10. The highest BCUT2D eigenvalue weighted by Gasteiger charge is 2.19. The van der Waals surface area contributed by atoms with E-state index in [1.807, 2.05) is 0 Å². The second-order valence-electron chi connectivity index (χ2n) is 5.10. The Balaban J connectivity index is 2.31. The number of carbonyl (C=O) groups excluding carboxylic acids is 2. The van der Waals surface area contributed by atoms with E-state index < -0.39 is 17.6 Å². The molecule has 0 aliphatic heterocycles. The van der Waals surface area contributed by atoms with Crippen LogP contribution in [0.4, 0.5) is 14.5 Å². The van der Waals surface area contributed by atoms with Crippen molar-refractivity contribution in [2.45, 2.75) is 10.7 Å². The number of rotatable bonds is 7. The minimum absolute atomic E-state index is 0.0772. The van der Waals surface area contributed by atoms with Gasteiger partial charge in [-0.3, -0.25) is 4.79 Å². The Morgan fingerprint density at radius 2 is 1.59 bits per heavy atom. The minimum atomic E-state index is -2.54. The summed E-state index contributed by atoms with van der Waals surface area (Å²) in [6.07, 6.45) is 0. The Hall–Kier alpha value is -2.81. The third-order valence-corrected chi connectivity index (χ3v) is 4.24. The molecule has 0 bridgehead atoms. The number of amides is 1. The van der Waals surface area contributed by atoms with E-state index in [-0.39, 0.29) is 16.8 Å². The van der Waals surface area contributed by atoms with Crippen LogP contribution in [0.15, 0.2) is 41.3 Å². The Bertz CT molecular complexity index is 827. The summed E-state index contributed by atoms with van der Waals surface area (Å²) in [4.78, 5) is 24.8. The van der Waals surface area contributed by atoms with Crippen LogP contribution in [-0.2, 0) is 4.74 Å². The highest BCUT2D eigenvalue weighted by Crippen LogP contribution is 2.34. The second-order valence-corrected chi connectivity index (χ2v) is 6.16. The van der Waals surface area contributed by atoms with Gasteiger partial charge < -0.3 is 19.5 Å². The molecule has 0 aliphatic carbocycles. The molecule has 1 N–H and O–H groups in total. The number of methoxy groups -OCH3 is 3. The van der Waals surface area contributed by atoms with Crippen LogP contribution < -0.4 is 14.8 Å². The van der Waals surface area contributed by atoms with Crippen molar-refractivity contribution in [2.75, 3.05) is 26.6 Å². The minimum Gasteiger partial charge on any atom is -0.493 e. The van der Waals surface area contributed by atoms with Gasteiger partial charge in [-0.2, -0.15) is 8.78 Å². The molecule has 9 heteroatoms. The fraction of sp³-hybridized carbons (Fsp3) is 0.222. The largest absolute Gasteiger partial charge is 0.493 e. The number of nitrogens with one attached hydrogen (secondary N) is 1. The number of alkyl halides is 2.